The highest BCUT2D eigenvalue weighted by atomic mass is 127. The first-order valence-electron chi connectivity index (χ1n) is 9.38. The fourth-order valence-corrected chi connectivity index (χ4v) is 3.76. The highest BCUT2D eigenvalue weighted by Crippen LogP contribution is 2.38. The van der Waals surface area contributed by atoms with Gasteiger partial charge in [0.1, 0.15) is 18.4 Å². The molecule has 5 nitrogen and oxygen atoms in total. The summed E-state index contributed by atoms with van der Waals surface area (Å²) in [6.07, 6.45) is 3.91. The number of halogens is 2. The van der Waals surface area contributed by atoms with E-state index in [0.29, 0.717) is 33.1 Å². The van der Waals surface area contributed by atoms with Crippen molar-refractivity contribution in [3.8, 4) is 33.9 Å². The van der Waals surface area contributed by atoms with Crippen LogP contribution in [0.3, 0.4) is 0 Å². The monoisotopic (exact) mass is 549 g/mol. The summed E-state index contributed by atoms with van der Waals surface area (Å²) in [5.74, 6) is 1.00. The number of fused-ring (bicyclic) bond motifs is 1. The van der Waals surface area contributed by atoms with Gasteiger partial charge in [-0.1, -0.05) is 11.6 Å². The Morgan fingerprint density at radius 1 is 0.968 bits per heavy atom. The van der Waals surface area contributed by atoms with Gasteiger partial charge in [0.25, 0.3) is 0 Å². The van der Waals surface area contributed by atoms with Gasteiger partial charge in [-0.25, -0.2) is 4.57 Å². The van der Waals surface area contributed by atoms with Crippen molar-refractivity contribution in [3.63, 3.8) is 0 Å². The molecular formula is C24H21ClINO4. The zero-order chi connectivity index (χ0) is 21.4. The van der Waals surface area contributed by atoms with Gasteiger partial charge in [0, 0.05) is 23.3 Å². The van der Waals surface area contributed by atoms with Gasteiger partial charge >= 0.3 is 0 Å². The minimum Gasteiger partial charge on any atom is -1.00 e. The van der Waals surface area contributed by atoms with Crippen molar-refractivity contribution in [3.05, 3.63) is 75.7 Å². The van der Waals surface area contributed by atoms with Crippen LogP contribution in [0.25, 0.3) is 33.4 Å². The molecule has 0 aliphatic heterocycles. The average Bonchev–Trinajstić information content (AvgIpc) is 2.74. The van der Waals surface area contributed by atoms with Crippen molar-refractivity contribution in [2.75, 3.05) is 14.2 Å². The zero-order valence-corrected chi connectivity index (χ0v) is 20.4. The predicted molar refractivity (Wildman–Crippen MR) is 117 cm³/mol. The van der Waals surface area contributed by atoms with Gasteiger partial charge in [-0.15, -0.1) is 0 Å². The summed E-state index contributed by atoms with van der Waals surface area (Å²) in [6.45, 7) is 1.95. The van der Waals surface area contributed by atoms with Crippen molar-refractivity contribution in [2.45, 2.75) is 6.92 Å². The maximum Gasteiger partial charge on any atom is 0.235 e. The second-order valence-corrected chi connectivity index (χ2v) is 7.49. The Kier molecular flexibility index (Phi) is 6.91. The van der Waals surface area contributed by atoms with E-state index >= 15 is 0 Å². The Balaban J connectivity index is 0.00000272. The first kappa shape index (κ1) is 23.1. The molecule has 0 amide bonds. The van der Waals surface area contributed by atoms with Crippen LogP contribution in [-0.4, -0.2) is 14.2 Å². The molecule has 0 atom stereocenters. The van der Waals surface area contributed by atoms with Gasteiger partial charge in [0.05, 0.1) is 24.6 Å². The van der Waals surface area contributed by atoms with E-state index in [2.05, 4.69) is 0 Å². The minimum atomic E-state index is -0.230. The zero-order valence-electron chi connectivity index (χ0n) is 17.5. The molecule has 2 aromatic heterocycles. The molecule has 160 valence electrons. The largest absolute Gasteiger partial charge is 1.00 e. The Hall–Kier alpha value is -2.58. The maximum absolute atomic E-state index is 13.3. The Morgan fingerprint density at radius 3 is 2.29 bits per heavy atom. The van der Waals surface area contributed by atoms with Crippen LogP contribution in [0.2, 0.25) is 5.02 Å². The second kappa shape index (κ2) is 9.28. The first-order chi connectivity index (χ1) is 14.4. The Labute approximate surface area is 202 Å². The van der Waals surface area contributed by atoms with Crippen LogP contribution >= 0.6 is 11.6 Å². The van der Waals surface area contributed by atoms with E-state index in [1.165, 1.54) is 7.11 Å². The normalized spacial score (nSPS) is 10.6. The lowest BCUT2D eigenvalue weighted by Crippen LogP contribution is -3.00. The van der Waals surface area contributed by atoms with E-state index in [-0.39, 0.29) is 35.2 Å². The molecular weight excluding hydrogens is 529 g/mol. The van der Waals surface area contributed by atoms with Gasteiger partial charge < -0.3 is 37.9 Å². The maximum atomic E-state index is 13.3. The number of benzene rings is 2. The molecule has 0 spiro atoms. The third-order valence-electron chi connectivity index (χ3n) is 5.00. The smallest absolute Gasteiger partial charge is 0.235 e. The van der Waals surface area contributed by atoms with Crippen LogP contribution in [0.1, 0.15) is 5.56 Å². The molecule has 0 fully saturated rings. The molecule has 0 N–H and O–H groups in total. The van der Waals surface area contributed by atoms with Gasteiger partial charge in [-0.05, 0) is 48.4 Å². The minimum absolute atomic E-state index is 0. The Morgan fingerprint density at radius 2 is 1.68 bits per heavy atom. The van der Waals surface area contributed by atoms with Gasteiger partial charge in [0.2, 0.25) is 11.2 Å². The van der Waals surface area contributed by atoms with E-state index in [0.717, 1.165) is 16.7 Å². The van der Waals surface area contributed by atoms with Crippen LogP contribution in [0.4, 0.5) is 0 Å². The molecule has 0 saturated carbocycles. The summed E-state index contributed by atoms with van der Waals surface area (Å²) < 4.78 is 18.9. The number of hydrogen-bond acceptors (Lipinski definition) is 4. The van der Waals surface area contributed by atoms with E-state index in [1.807, 2.05) is 55.2 Å². The number of methoxy groups -OCH3 is 2. The van der Waals surface area contributed by atoms with Crippen molar-refractivity contribution in [2.24, 2.45) is 7.05 Å². The van der Waals surface area contributed by atoms with E-state index < -0.39 is 0 Å². The molecule has 4 aromatic rings. The Bertz CT molecular complexity index is 1320. The molecule has 0 aliphatic rings. The molecule has 0 radical (unpaired) electrons. The number of nitrogens with zero attached hydrogens (tertiary/aromatic N) is 1. The lowest BCUT2D eigenvalue weighted by Gasteiger charge is -2.13. The summed E-state index contributed by atoms with van der Waals surface area (Å²) in [4.78, 5) is 13.3. The molecule has 7 heteroatoms. The van der Waals surface area contributed by atoms with Gasteiger partial charge in [0.15, 0.2) is 18.2 Å². The van der Waals surface area contributed by atoms with Crippen molar-refractivity contribution < 1.29 is 42.4 Å². The van der Waals surface area contributed by atoms with Crippen LogP contribution in [0.15, 0.2) is 64.1 Å². The second-order valence-electron chi connectivity index (χ2n) is 7.08. The van der Waals surface area contributed by atoms with Crippen LogP contribution in [0.5, 0.6) is 11.5 Å². The third kappa shape index (κ3) is 4.27. The lowest BCUT2D eigenvalue weighted by atomic mass is 10.00. The molecule has 0 aliphatic carbocycles. The number of pyridine rings is 1. The fourth-order valence-electron chi connectivity index (χ4n) is 3.50. The number of ether oxygens (including phenoxy) is 2. The molecule has 2 heterocycles. The molecule has 2 aromatic carbocycles. The molecule has 0 bridgehead atoms. The van der Waals surface area contributed by atoms with E-state index in [1.54, 1.807) is 25.3 Å². The highest BCUT2D eigenvalue weighted by molar-refractivity contribution is 6.32. The molecule has 0 unspecified atom stereocenters. The molecule has 31 heavy (non-hydrogen) atoms. The number of hydrogen-bond donors (Lipinski definition) is 0. The predicted octanol–water partition coefficient (Wildman–Crippen LogP) is 1.93. The van der Waals surface area contributed by atoms with Gasteiger partial charge in [-0.3, -0.25) is 4.79 Å². The number of rotatable bonds is 4. The summed E-state index contributed by atoms with van der Waals surface area (Å²) >= 11 is 6.31. The van der Waals surface area contributed by atoms with Crippen molar-refractivity contribution >= 4 is 22.6 Å². The summed E-state index contributed by atoms with van der Waals surface area (Å²) in [7, 11) is 4.96. The van der Waals surface area contributed by atoms with Crippen LogP contribution < -0.4 is 43.4 Å². The lowest BCUT2D eigenvalue weighted by molar-refractivity contribution is -0.671. The number of aromatic nitrogens is 1. The number of aryl methyl sites for hydroxylation is 2. The van der Waals surface area contributed by atoms with Crippen molar-refractivity contribution in [1.82, 2.24) is 0 Å². The van der Waals surface area contributed by atoms with E-state index in [4.69, 9.17) is 25.5 Å². The summed E-state index contributed by atoms with van der Waals surface area (Å²) in [5.41, 5.74) is 3.65. The fraction of sp³-hybridized carbons (Fsp3) is 0.167. The quantitative estimate of drug-likeness (QED) is 0.289. The average molecular weight is 550 g/mol. The van der Waals surface area contributed by atoms with Crippen LogP contribution in [0, 0.1) is 6.92 Å². The topological polar surface area (TPSA) is 52.5 Å². The van der Waals surface area contributed by atoms with Crippen LogP contribution in [-0.2, 0) is 7.05 Å². The highest BCUT2D eigenvalue weighted by Gasteiger charge is 2.21. The molecule has 4 rings (SSSR count). The summed E-state index contributed by atoms with van der Waals surface area (Å²) in [5, 5.41) is 0.887. The van der Waals surface area contributed by atoms with Crippen molar-refractivity contribution in [1.29, 1.82) is 0 Å². The molecule has 0 saturated heterocycles. The van der Waals surface area contributed by atoms with Gasteiger partial charge in [-0.2, -0.15) is 0 Å². The van der Waals surface area contributed by atoms with E-state index in [9.17, 15) is 4.79 Å². The third-order valence-corrected chi connectivity index (χ3v) is 5.30. The SMILES string of the molecule is COc1ccc(-c2oc3c(-c4cc[n+](C)cc4)cc(C)cc3c(=O)c2OC)cc1Cl.[I-]. The first-order valence-corrected chi connectivity index (χ1v) is 9.75. The summed E-state index contributed by atoms with van der Waals surface area (Å²) in [6, 6.07) is 13.0. The standard InChI is InChI=1S/C24H21ClNO4.HI/c1-14-11-17(15-7-9-26(2)10-8-15)23-18(12-14)21(27)24(29-4)22(30-23)16-5-6-20(28-3)19(25)13-16;/h5-13H,1-4H3;1H/q+1;/p-1.